The topological polar surface area (TPSA) is 94.3 Å². The summed E-state index contributed by atoms with van der Waals surface area (Å²) in [6.45, 7) is 1.78. The van der Waals surface area contributed by atoms with Gasteiger partial charge in [-0.05, 0) is 37.3 Å². The van der Waals surface area contributed by atoms with Crippen LogP contribution in [0.1, 0.15) is 5.69 Å². The van der Waals surface area contributed by atoms with E-state index in [1.165, 1.54) is 31.5 Å². The van der Waals surface area contributed by atoms with Crippen molar-refractivity contribution in [1.29, 1.82) is 0 Å². The maximum absolute atomic E-state index is 12.2. The van der Waals surface area contributed by atoms with Gasteiger partial charge in [-0.2, -0.15) is 0 Å². The van der Waals surface area contributed by atoms with Gasteiger partial charge in [0.25, 0.3) is 10.0 Å². The summed E-state index contributed by atoms with van der Waals surface area (Å²) >= 11 is 0. The third-order valence-corrected chi connectivity index (χ3v) is 4.04. The van der Waals surface area contributed by atoms with Gasteiger partial charge >= 0.3 is 0 Å². The van der Waals surface area contributed by atoms with Gasteiger partial charge in [0.05, 0.1) is 23.4 Å². The summed E-state index contributed by atoms with van der Waals surface area (Å²) in [5, 5.41) is 0. The highest BCUT2D eigenvalue weighted by Crippen LogP contribution is 2.25. The Balaban J connectivity index is 2.33. The lowest BCUT2D eigenvalue weighted by Gasteiger charge is -2.10. The standard InChI is InChI=1S/C13H15N3O3S/c1-9-7-10(5-6-15-9)16-20(17,18)11-3-4-13(19-2)12(14)8-11/h3-8H,14H2,1-2H3,(H,15,16). The Morgan fingerprint density at radius 1 is 1.25 bits per heavy atom. The van der Waals surface area contributed by atoms with E-state index in [-0.39, 0.29) is 10.6 Å². The predicted octanol–water partition coefficient (Wildman–Crippen LogP) is 1.78. The number of benzene rings is 1. The molecule has 6 nitrogen and oxygen atoms in total. The van der Waals surface area contributed by atoms with Crippen molar-refractivity contribution in [2.24, 2.45) is 0 Å². The number of nitrogens with one attached hydrogen (secondary N) is 1. The van der Waals surface area contributed by atoms with Gasteiger partial charge in [0.1, 0.15) is 5.75 Å². The summed E-state index contributed by atoms with van der Waals surface area (Å²) in [5.74, 6) is 0.434. The Kier molecular flexibility index (Phi) is 3.80. The van der Waals surface area contributed by atoms with Crippen molar-refractivity contribution < 1.29 is 13.2 Å². The van der Waals surface area contributed by atoms with Crippen LogP contribution >= 0.6 is 0 Å². The fraction of sp³-hybridized carbons (Fsp3) is 0.154. The zero-order valence-corrected chi connectivity index (χ0v) is 11.9. The van der Waals surface area contributed by atoms with Gasteiger partial charge in [0.15, 0.2) is 0 Å². The first-order valence-corrected chi connectivity index (χ1v) is 7.29. The highest BCUT2D eigenvalue weighted by Gasteiger charge is 2.16. The van der Waals surface area contributed by atoms with Gasteiger partial charge in [-0.15, -0.1) is 0 Å². The van der Waals surface area contributed by atoms with E-state index in [0.717, 1.165) is 5.69 Å². The molecule has 0 aliphatic rings. The molecule has 2 rings (SSSR count). The zero-order chi connectivity index (χ0) is 14.8. The number of nitrogens with two attached hydrogens (primary N) is 1. The first-order valence-electron chi connectivity index (χ1n) is 5.81. The molecule has 7 heteroatoms. The fourth-order valence-electron chi connectivity index (χ4n) is 1.70. The lowest BCUT2D eigenvalue weighted by atomic mass is 10.3. The summed E-state index contributed by atoms with van der Waals surface area (Å²) in [6.07, 6.45) is 1.54. The lowest BCUT2D eigenvalue weighted by Crippen LogP contribution is -2.13. The van der Waals surface area contributed by atoms with Crippen LogP contribution in [-0.4, -0.2) is 20.5 Å². The van der Waals surface area contributed by atoms with E-state index in [0.29, 0.717) is 11.4 Å². The monoisotopic (exact) mass is 293 g/mol. The number of hydrogen-bond donors (Lipinski definition) is 2. The summed E-state index contributed by atoms with van der Waals surface area (Å²) < 4.78 is 31.9. The third kappa shape index (κ3) is 3.00. The number of aryl methyl sites for hydroxylation is 1. The van der Waals surface area contributed by atoms with Crippen LogP contribution in [0.4, 0.5) is 11.4 Å². The van der Waals surface area contributed by atoms with Crippen molar-refractivity contribution in [3.8, 4) is 5.75 Å². The number of pyridine rings is 1. The van der Waals surface area contributed by atoms with Crippen molar-refractivity contribution in [3.63, 3.8) is 0 Å². The van der Waals surface area contributed by atoms with E-state index in [9.17, 15) is 8.42 Å². The molecule has 0 bridgehead atoms. The Hall–Kier alpha value is -2.28. The molecule has 1 aromatic carbocycles. The first kappa shape index (κ1) is 14.1. The minimum Gasteiger partial charge on any atom is -0.495 e. The van der Waals surface area contributed by atoms with Gasteiger partial charge in [0.2, 0.25) is 0 Å². The van der Waals surface area contributed by atoms with Crippen LogP contribution in [-0.2, 0) is 10.0 Å². The van der Waals surface area contributed by atoms with Crippen molar-refractivity contribution in [2.45, 2.75) is 11.8 Å². The van der Waals surface area contributed by atoms with Crippen LogP contribution in [0.3, 0.4) is 0 Å². The maximum Gasteiger partial charge on any atom is 0.261 e. The number of sulfonamides is 1. The highest BCUT2D eigenvalue weighted by atomic mass is 32.2. The number of ether oxygens (including phenoxy) is 1. The number of anilines is 2. The van der Waals surface area contributed by atoms with E-state index in [4.69, 9.17) is 10.5 Å². The molecule has 0 saturated heterocycles. The average Bonchev–Trinajstić information content (AvgIpc) is 2.38. The number of nitrogen functional groups attached to an aromatic ring is 1. The van der Waals surface area contributed by atoms with E-state index < -0.39 is 10.0 Å². The molecule has 0 radical (unpaired) electrons. The molecule has 0 amide bonds. The van der Waals surface area contributed by atoms with E-state index >= 15 is 0 Å². The van der Waals surface area contributed by atoms with E-state index in [1.54, 1.807) is 19.1 Å². The fourth-order valence-corrected chi connectivity index (χ4v) is 2.79. The highest BCUT2D eigenvalue weighted by molar-refractivity contribution is 7.92. The van der Waals surface area contributed by atoms with Crippen LogP contribution in [0.2, 0.25) is 0 Å². The van der Waals surface area contributed by atoms with Gasteiger partial charge in [-0.1, -0.05) is 0 Å². The van der Waals surface area contributed by atoms with Crippen LogP contribution in [0, 0.1) is 6.92 Å². The van der Waals surface area contributed by atoms with Crippen LogP contribution in [0.15, 0.2) is 41.4 Å². The Bertz CT molecular complexity index is 729. The SMILES string of the molecule is COc1ccc(S(=O)(=O)Nc2ccnc(C)c2)cc1N. The second kappa shape index (κ2) is 5.38. The second-order valence-electron chi connectivity index (χ2n) is 4.20. The molecule has 0 saturated carbocycles. The quantitative estimate of drug-likeness (QED) is 0.838. The molecular formula is C13H15N3O3S. The third-order valence-electron chi connectivity index (χ3n) is 2.66. The van der Waals surface area contributed by atoms with Crippen LogP contribution in [0.5, 0.6) is 5.75 Å². The second-order valence-corrected chi connectivity index (χ2v) is 5.88. The molecule has 2 aromatic rings. The number of hydrogen-bond acceptors (Lipinski definition) is 5. The van der Waals surface area contributed by atoms with E-state index in [1.807, 2.05) is 0 Å². The molecule has 20 heavy (non-hydrogen) atoms. The normalized spacial score (nSPS) is 11.1. The maximum atomic E-state index is 12.2. The van der Waals surface area contributed by atoms with Crippen molar-refractivity contribution in [2.75, 3.05) is 17.6 Å². The van der Waals surface area contributed by atoms with Crippen LogP contribution < -0.4 is 15.2 Å². The van der Waals surface area contributed by atoms with Gasteiger partial charge in [0, 0.05) is 11.9 Å². The predicted molar refractivity (Wildman–Crippen MR) is 77.2 cm³/mol. The summed E-state index contributed by atoms with van der Waals surface area (Å²) in [7, 11) is -2.22. The molecule has 0 fully saturated rings. The number of rotatable bonds is 4. The first-order chi connectivity index (χ1) is 9.42. The van der Waals surface area contributed by atoms with Crippen LogP contribution in [0.25, 0.3) is 0 Å². The molecule has 0 atom stereocenters. The molecule has 0 unspecified atom stereocenters. The largest absolute Gasteiger partial charge is 0.495 e. The average molecular weight is 293 g/mol. The number of aromatic nitrogens is 1. The van der Waals surface area contributed by atoms with E-state index in [2.05, 4.69) is 9.71 Å². The summed E-state index contributed by atoms with van der Waals surface area (Å²) in [5.41, 5.74) is 7.16. The summed E-state index contributed by atoms with van der Waals surface area (Å²) in [6, 6.07) is 7.53. The minimum absolute atomic E-state index is 0.0743. The molecule has 0 spiro atoms. The molecule has 1 aromatic heterocycles. The van der Waals surface area contributed by atoms with Crippen molar-refractivity contribution >= 4 is 21.4 Å². The molecule has 0 aliphatic heterocycles. The number of nitrogens with zero attached hydrogens (tertiary/aromatic N) is 1. The molecule has 106 valence electrons. The molecular weight excluding hydrogens is 278 g/mol. The van der Waals surface area contributed by atoms with Gasteiger partial charge in [-0.25, -0.2) is 8.42 Å². The minimum atomic E-state index is -3.69. The molecule has 3 N–H and O–H groups in total. The summed E-state index contributed by atoms with van der Waals surface area (Å²) in [4.78, 5) is 4.08. The van der Waals surface area contributed by atoms with Gasteiger partial charge < -0.3 is 10.5 Å². The Morgan fingerprint density at radius 3 is 2.60 bits per heavy atom. The lowest BCUT2D eigenvalue weighted by molar-refractivity contribution is 0.416. The molecule has 0 aliphatic carbocycles. The molecule has 1 heterocycles. The van der Waals surface area contributed by atoms with Gasteiger partial charge in [-0.3, -0.25) is 9.71 Å². The Labute approximate surface area is 117 Å². The number of methoxy groups -OCH3 is 1. The Morgan fingerprint density at radius 2 is 2.00 bits per heavy atom. The smallest absolute Gasteiger partial charge is 0.261 e. The van der Waals surface area contributed by atoms with Crippen molar-refractivity contribution in [1.82, 2.24) is 4.98 Å². The van der Waals surface area contributed by atoms with Crippen molar-refractivity contribution in [3.05, 3.63) is 42.2 Å². The zero-order valence-electron chi connectivity index (χ0n) is 11.1.